The van der Waals surface area contributed by atoms with Gasteiger partial charge in [0, 0.05) is 19.6 Å². The third-order valence-electron chi connectivity index (χ3n) is 3.51. The van der Waals surface area contributed by atoms with Crippen molar-refractivity contribution in [1.82, 2.24) is 4.90 Å². The van der Waals surface area contributed by atoms with Crippen LogP contribution in [0.25, 0.3) is 0 Å². The molecule has 0 atom stereocenters. The van der Waals surface area contributed by atoms with Crippen LogP contribution in [0.4, 0.5) is 0 Å². The first-order valence-corrected chi connectivity index (χ1v) is 7.29. The molecule has 0 amide bonds. The predicted octanol–water partition coefficient (Wildman–Crippen LogP) is 3.96. The average Bonchev–Trinajstić information content (AvgIpc) is 2.52. The molecule has 104 valence electrons. The molecule has 1 heteroatoms. The van der Waals surface area contributed by atoms with E-state index in [1.54, 1.807) is 0 Å². The highest BCUT2D eigenvalue weighted by molar-refractivity contribution is 5.16. The molecule has 1 nitrogen and oxygen atoms in total. The molecule has 0 saturated heterocycles. The molecule has 0 radical (unpaired) electrons. The first-order chi connectivity index (χ1) is 9.88. The van der Waals surface area contributed by atoms with E-state index < -0.39 is 0 Å². The fourth-order valence-corrected chi connectivity index (χ4v) is 2.34. The Bertz CT molecular complexity index is 446. The highest BCUT2D eigenvalue weighted by Crippen LogP contribution is 2.04. The zero-order valence-electron chi connectivity index (χ0n) is 12.0. The molecule has 2 rings (SSSR count). The predicted molar refractivity (Wildman–Crippen MR) is 86.9 cm³/mol. The van der Waals surface area contributed by atoms with E-state index in [0.717, 1.165) is 32.5 Å². The fourth-order valence-electron chi connectivity index (χ4n) is 2.34. The van der Waals surface area contributed by atoms with Crippen LogP contribution in [-0.4, -0.2) is 24.5 Å². The van der Waals surface area contributed by atoms with Crippen LogP contribution in [0.5, 0.6) is 0 Å². The van der Waals surface area contributed by atoms with E-state index in [-0.39, 0.29) is 0 Å². The van der Waals surface area contributed by atoms with E-state index in [1.807, 2.05) is 6.08 Å². The van der Waals surface area contributed by atoms with Gasteiger partial charge in [0.2, 0.25) is 0 Å². The first-order valence-electron chi connectivity index (χ1n) is 7.29. The lowest BCUT2D eigenvalue weighted by atomic mass is 10.1. The van der Waals surface area contributed by atoms with Crippen LogP contribution in [0.1, 0.15) is 11.1 Å². The normalized spacial score (nSPS) is 10.7. The molecular weight excluding hydrogens is 242 g/mol. The van der Waals surface area contributed by atoms with Gasteiger partial charge in [0.25, 0.3) is 0 Å². The minimum absolute atomic E-state index is 0.958. The maximum Gasteiger partial charge on any atom is 0.0160 e. The van der Waals surface area contributed by atoms with Crippen molar-refractivity contribution in [3.05, 3.63) is 84.4 Å². The zero-order valence-corrected chi connectivity index (χ0v) is 12.0. The number of rotatable bonds is 8. The van der Waals surface area contributed by atoms with Gasteiger partial charge in [0.05, 0.1) is 0 Å². The standard InChI is InChI=1S/C19H23N/c1-2-15-20(16-13-18-9-5-3-6-10-18)17-14-19-11-7-4-8-12-19/h2-12H,1,13-17H2. The van der Waals surface area contributed by atoms with Crippen LogP contribution in [0.15, 0.2) is 73.3 Å². The van der Waals surface area contributed by atoms with Gasteiger partial charge in [-0.05, 0) is 24.0 Å². The van der Waals surface area contributed by atoms with E-state index in [4.69, 9.17) is 0 Å². The van der Waals surface area contributed by atoms with E-state index in [9.17, 15) is 0 Å². The molecule has 0 aliphatic rings. The summed E-state index contributed by atoms with van der Waals surface area (Å²) in [4.78, 5) is 2.47. The lowest BCUT2D eigenvalue weighted by Crippen LogP contribution is -2.28. The van der Waals surface area contributed by atoms with Crippen molar-refractivity contribution in [2.24, 2.45) is 0 Å². The highest BCUT2D eigenvalue weighted by atomic mass is 15.1. The zero-order chi connectivity index (χ0) is 14.0. The van der Waals surface area contributed by atoms with Crippen LogP contribution in [0, 0.1) is 0 Å². The molecule has 0 aliphatic heterocycles. The third kappa shape index (κ3) is 5.02. The Morgan fingerprint density at radius 2 is 1.20 bits per heavy atom. The second-order valence-electron chi connectivity index (χ2n) is 5.06. The van der Waals surface area contributed by atoms with E-state index >= 15 is 0 Å². The number of benzene rings is 2. The maximum atomic E-state index is 3.87. The molecule has 0 fully saturated rings. The molecule has 0 unspecified atom stereocenters. The average molecular weight is 265 g/mol. The molecule has 2 aromatic carbocycles. The highest BCUT2D eigenvalue weighted by Gasteiger charge is 2.04. The van der Waals surface area contributed by atoms with Crippen molar-refractivity contribution in [2.45, 2.75) is 12.8 Å². The molecule has 0 aromatic heterocycles. The van der Waals surface area contributed by atoms with Gasteiger partial charge < -0.3 is 0 Å². The van der Waals surface area contributed by atoms with Gasteiger partial charge in [0.1, 0.15) is 0 Å². The van der Waals surface area contributed by atoms with Gasteiger partial charge in [-0.15, -0.1) is 6.58 Å². The number of hydrogen-bond donors (Lipinski definition) is 0. The van der Waals surface area contributed by atoms with Crippen molar-refractivity contribution in [1.29, 1.82) is 0 Å². The molecular formula is C19H23N. The molecule has 2 aromatic rings. The summed E-state index contributed by atoms with van der Waals surface area (Å²) in [5.41, 5.74) is 2.81. The summed E-state index contributed by atoms with van der Waals surface area (Å²) in [5, 5.41) is 0. The van der Waals surface area contributed by atoms with Crippen LogP contribution >= 0.6 is 0 Å². The molecule has 0 saturated carbocycles. The van der Waals surface area contributed by atoms with Crippen LogP contribution < -0.4 is 0 Å². The molecule has 0 bridgehead atoms. The lowest BCUT2D eigenvalue weighted by molar-refractivity contribution is 0.310. The summed E-state index contributed by atoms with van der Waals surface area (Å²) >= 11 is 0. The quantitative estimate of drug-likeness (QED) is 0.653. The Morgan fingerprint density at radius 3 is 1.60 bits per heavy atom. The molecule has 0 N–H and O–H groups in total. The Labute approximate surface area is 122 Å². The smallest absolute Gasteiger partial charge is 0.0160 e. The van der Waals surface area contributed by atoms with Crippen molar-refractivity contribution in [2.75, 3.05) is 19.6 Å². The fraction of sp³-hybridized carbons (Fsp3) is 0.263. The third-order valence-corrected chi connectivity index (χ3v) is 3.51. The van der Waals surface area contributed by atoms with Gasteiger partial charge >= 0.3 is 0 Å². The minimum atomic E-state index is 0.958. The van der Waals surface area contributed by atoms with Crippen LogP contribution in [0.3, 0.4) is 0 Å². The number of hydrogen-bond acceptors (Lipinski definition) is 1. The van der Waals surface area contributed by atoms with E-state index in [2.05, 4.69) is 72.1 Å². The largest absolute Gasteiger partial charge is 0.299 e. The molecule has 0 heterocycles. The number of nitrogens with zero attached hydrogens (tertiary/aromatic N) is 1. The van der Waals surface area contributed by atoms with Crippen molar-refractivity contribution in [3.8, 4) is 0 Å². The second-order valence-corrected chi connectivity index (χ2v) is 5.06. The van der Waals surface area contributed by atoms with Crippen LogP contribution in [0.2, 0.25) is 0 Å². The van der Waals surface area contributed by atoms with E-state index in [0.29, 0.717) is 0 Å². The van der Waals surface area contributed by atoms with Gasteiger partial charge in [-0.25, -0.2) is 0 Å². The molecule has 0 spiro atoms. The topological polar surface area (TPSA) is 3.24 Å². The Balaban J connectivity index is 1.82. The summed E-state index contributed by atoms with van der Waals surface area (Å²) in [7, 11) is 0. The Kier molecular flexibility index (Phi) is 6.07. The summed E-state index contributed by atoms with van der Waals surface area (Å²) < 4.78 is 0. The molecule has 20 heavy (non-hydrogen) atoms. The van der Waals surface area contributed by atoms with Gasteiger partial charge in [-0.1, -0.05) is 66.7 Å². The minimum Gasteiger partial charge on any atom is -0.299 e. The monoisotopic (exact) mass is 265 g/mol. The summed E-state index contributed by atoms with van der Waals surface area (Å²) in [5.74, 6) is 0. The first kappa shape index (κ1) is 14.5. The van der Waals surface area contributed by atoms with Gasteiger partial charge in [-0.3, -0.25) is 4.90 Å². The van der Waals surface area contributed by atoms with Crippen molar-refractivity contribution < 1.29 is 0 Å². The Hall–Kier alpha value is -1.86. The second kappa shape index (κ2) is 8.34. The van der Waals surface area contributed by atoms with Crippen molar-refractivity contribution >= 4 is 0 Å². The molecule has 0 aliphatic carbocycles. The van der Waals surface area contributed by atoms with E-state index in [1.165, 1.54) is 11.1 Å². The van der Waals surface area contributed by atoms with Gasteiger partial charge in [-0.2, -0.15) is 0 Å². The van der Waals surface area contributed by atoms with Crippen LogP contribution in [-0.2, 0) is 12.8 Å². The lowest BCUT2D eigenvalue weighted by Gasteiger charge is -2.20. The maximum absolute atomic E-state index is 3.87. The van der Waals surface area contributed by atoms with Gasteiger partial charge in [0.15, 0.2) is 0 Å². The summed E-state index contributed by atoms with van der Waals surface area (Å²) in [6, 6.07) is 21.4. The summed E-state index contributed by atoms with van der Waals surface area (Å²) in [6.45, 7) is 7.00. The van der Waals surface area contributed by atoms with Crippen molar-refractivity contribution in [3.63, 3.8) is 0 Å². The SMILES string of the molecule is C=CCN(CCc1ccccc1)CCc1ccccc1. The summed E-state index contributed by atoms with van der Waals surface area (Å²) in [6.07, 6.45) is 4.20. The Morgan fingerprint density at radius 1 is 0.750 bits per heavy atom.